The zero-order chi connectivity index (χ0) is 18.1. The first-order valence-corrected chi connectivity index (χ1v) is 8.42. The molecule has 0 spiro atoms. The van der Waals surface area contributed by atoms with Crippen molar-refractivity contribution in [3.05, 3.63) is 73.0 Å². The Morgan fingerprint density at radius 2 is 1.96 bits per heavy atom. The van der Waals surface area contributed by atoms with Crippen molar-refractivity contribution in [1.82, 2.24) is 0 Å². The highest BCUT2D eigenvalue weighted by Gasteiger charge is 2.43. The van der Waals surface area contributed by atoms with E-state index in [9.17, 15) is 0 Å². The summed E-state index contributed by atoms with van der Waals surface area (Å²) in [6, 6.07) is 9.85. The minimum absolute atomic E-state index is 0.119. The number of hydrogen-bond acceptors (Lipinski definition) is 3. The Balaban J connectivity index is 2.46. The fraction of sp³-hybridized carbons (Fsp3) is 0.364. The predicted octanol–water partition coefficient (Wildman–Crippen LogP) is 4.12. The smallest absolute Gasteiger partial charge is 0.189 e. The number of hydrogen-bond donors (Lipinski definition) is 0. The summed E-state index contributed by atoms with van der Waals surface area (Å²) in [7, 11) is 3.33. The lowest BCUT2D eigenvalue weighted by Gasteiger charge is -2.40. The molecule has 1 aromatic rings. The lowest BCUT2D eigenvalue weighted by atomic mass is 9.86. The highest BCUT2D eigenvalue weighted by atomic mass is 16.6. The summed E-state index contributed by atoms with van der Waals surface area (Å²) in [5.41, 5.74) is 0.0780. The maximum atomic E-state index is 6.43. The number of rotatable bonds is 7. The molecule has 0 N–H and O–H groups in total. The second-order valence-electron chi connectivity index (χ2n) is 5.97. The Labute approximate surface area is 151 Å². The van der Waals surface area contributed by atoms with Crippen molar-refractivity contribution in [2.45, 2.75) is 24.5 Å². The van der Waals surface area contributed by atoms with E-state index >= 15 is 0 Å². The minimum Gasteiger partial charge on any atom is -0.497 e. The maximum absolute atomic E-state index is 6.43. The summed E-state index contributed by atoms with van der Waals surface area (Å²) in [5, 5.41) is 0. The third-order valence-corrected chi connectivity index (χ3v) is 4.20. The summed E-state index contributed by atoms with van der Waals surface area (Å²) in [5.74, 6) is 7.36. The number of methoxy groups -OCH3 is 2. The summed E-state index contributed by atoms with van der Waals surface area (Å²) in [6.45, 7) is 8.19. The van der Waals surface area contributed by atoms with Crippen molar-refractivity contribution in [3.8, 4) is 11.8 Å². The summed E-state index contributed by atoms with van der Waals surface area (Å²) in [4.78, 5) is 0. The third kappa shape index (κ3) is 4.63. The SMILES string of the molecule is C=CC[C@@H]1C=C(OC)[C@@](C#Cc2ccccc2)(CC=C)O[C@@H]1COC. The van der Waals surface area contributed by atoms with E-state index in [1.165, 1.54) is 0 Å². The zero-order valence-corrected chi connectivity index (χ0v) is 15.0. The van der Waals surface area contributed by atoms with Crippen molar-refractivity contribution in [1.29, 1.82) is 0 Å². The third-order valence-electron chi connectivity index (χ3n) is 4.20. The van der Waals surface area contributed by atoms with Gasteiger partial charge in [0.25, 0.3) is 0 Å². The molecule has 1 aliphatic rings. The van der Waals surface area contributed by atoms with E-state index in [1.807, 2.05) is 42.5 Å². The summed E-state index contributed by atoms with van der Waals surface area (Å²) in [6.07, 6.45) is 7.00. The molecule has 0 saturated carbocycles. The molecule has 1 aromatic carbocycles. The minimum atomic E-state index is -0.854. The van der Waals surface area contributed by atoms with Crippen LogP contribution in [0.4, 0.5) is 0 Å². The normalized spacial score (nSPS) is 25.3. The molecule has 0 bridgehead atoms. The second-order valence-corrected chi connectivity index (χ2v) is 5.97. The van der Waals surface area contributed by atoms with Gasteiger partial charge in [-0.1, -0.05) is 42.2 Å². The van der Waals surface area contributed by atoms with Gasteiger partial charge >= 0.3 is 0 Å². The van der Waals surface area contributed by atoms with E-state index in [2.05, 4.69) is 31.1 Å². The summed E-state index contributed by atoms with van der Waals surface area (Å²) >= 11 is 0. The highest BCUT2D eigenvalue weighted by Crippen LogP contribution is 2.37. The molecule has 3 nitrogen and oxygen atoms in total. The van der Waals surface area contributed by atoms with Crippen LogP contribution in [-0.2, 0) is 14.2 Å². The van der Waals surface area contributed by atoms with Gasteiger partial charge in [-0.05, 0) is 24.6 Å². The van der Waals surface area contributed by atoms with E-state index in [0.29, 0.717) is 13.0 Å². The van der Waals surface area contributed by atoms with Crippen LogP contribution in [-0.4, -0.2) is 32.5 Å². The Hall–Kier alpha value is -2.28. The Morgan fingerprint density at radius 1 is 1.20 bits per heavy atom. The maximum Gasteiger partial charge on any atom is 0.189 e. The molecule has 0 aliphatic carbocycles. The van der Waals surface area contributed by atoms with Crippen LogP contribution in [0.3, 0.4) is 0 Å². The van der Waals surface area contributed by atoms with Crippen LogP contribution in [0, 0.1) is 17.8 Å². The molecule has 0 radical (unpaired) electrons. The molecule has 2 rings (SSSR count). The van der Waals surface area contributed by atoms with E-state index in [0.717, 1.165) is 17.7 Å². The van der Waals surface area contributed by atoms with Crippen LogP contribution in [0.5, 0.6) is 0 Å². The van der Waals surface area contributed by atoms with E-state index in [-0.39, 0.29) is 12.0 Å². The molecule has 1 heterocycles. The lowest BCUT2D eigenvalue weighted by Crippen LogP contribution is -2.46. The molecule has 1 aliphatic heterocycles. The van der Waals surface area contributed by atoms with Crippen LogP contribution >= 0.6 is 0 Å². The molecule has 3 heteroatoms. The van der Waals surface area contributed by atoms with E-state index in [1.54, 1.807) is 14.2 Å². The summed E-state index contributed by atoms with van der Waals surface area (Å²) < 4.78 is 17.5. The van der Waals surface area contributed by atoms with Crippen LogP contribution < -0.4 is 0 Å². The first kappa shape index (κ1) is 19.1. The monoisotopic (exact) mass is 338 g/mol. The van der Waals surface area contributed by atoms with Gasteiger partial charge in [-0.15, -0.1) is 13.2 Å². The molecule has 0 fully saturated rings. The van der Waals surface area contributed by atoms with Crippen molar-refractivity contribution in [2.75, 3.05) is 20.8 Å². The van der Waals surface area contributed by atoms with Gasteiger partial charge in [0.1, 0.15) is 5.76 Å². The highest BCUT2D eigenvalue weighted by molar-refractivity contribution is 5.41. The number of ether oxygens (including phenoxy) is 3. The quantitative estimate of drug-likeness (QED) is 0.553. The molecule has 25 heavy (non-hydrogen) atoms. The molecule has 0 unspecified atom stereocenters. The second kappa shape index (κ2) is 9.27. The van der Waals surface area contributed by atoms with Crippen molar-refractivity contribution in [3.63, 3.8) is 0 Å². The fourth-order valence-electron chi connectivity index (χ4n) is 3.00. The average Bonchev–Trinajstić information content (AvgIpc) is 2.63. The van der Waals surface area contributed by atoms with E-state index < -0.39 is 5.60 Å². The van der Waals surface area contributed by atoms with Gasteiger partial charge in [0.05, 0.1) is 19.8 Å². The molecule has 0 aromatic heterocycles. The average molecular weight is 338 g/mol. The lowest BCUT2D eigenvalue weighted by molar-refractivity contribution is -0.113. The largest absolute Gasteiger partial charge is 0.497 e. The van der Waals surface area contributed by atoms with Crippen LogP contribution in [0.25, 0.3) is 0 Å². The topological polar surface area (TPSA) is 27.7 Å². The van der Waals surface area contributed by atoms with Crippen LogP contribution in [0.15, 0.2) is 67.5 Å². The molecular weight excluding hydrogens is 312 g/mol. The van der Waals surface area contributed by atoms with Gasteiger partial charge in [-0.3, -0.25) is 0 Å². The van der Waals surface area contributed by atoms with Gasteiger partial charge < -0.3 is 14.2 Å². The number of benzene rings is 1. The zero-order valence-electron chi connectivity index (χ0n) is 15.0. The first-order chi connectivity index (χ1) is 12.2. The molecule has 3 atom stereocenters. The number of allylic oxidation sites excluding steroid dienone is 1. The van der Waals surface area contributed by atoms with Crippen molar-refractivity contribution < 1.29 is 14.2 Å². The van der Waals surface area contributed by atoms with Crippen molar-refractivity contribution in [2.24, 2.45) is 5.92 Å². The van der Waals surface area contributed by atoms with Gasteiger partial charge in [0, 0.05) is 25.0 Å². The molecule has 132 valence electrons. The molecule has 0 saturated heterocycles. The Bertz CT molecular complexity index is 666. The van der Waals surface area contributed by atoms with Gasteiger partial charge in [-0.2, -0.15) is 0 Å². The van der Waals surface area contributed by atoms with Crippen molar-refractivity contribution >= 4 is 0 Å². The Kier molecular flexibility index (Phi) is 7.06. The first-order valence-electron chi connectivity index (χ1n) is 8.42. The Morgan fingerprint density at radius 3 is 2.56 bits per heavy atom. The van der Waals surface area contributed by atoms with E-state index in [4.69, 9.17) is 14.2 Å². The predicted molar refractivity (Wildman–Crippen MR) is 101 cm³/mol. The van der Waals surface area contributed by atoms with Gasteiger partial charge in [0.2, 0.25) is 0 Å². The fourth-order valence-corrected chi connectivity index (χ4v) is 3.00. The van der Waals surface area contributed by atoms with Crippen LogP contribution in [0.1, 0.15) is 18.4 Å². The molecular formula is C22H26O3. The van der Waals surface area contributed by atoms with Crippen LogP contribution in [0.2, 0.25) is 0 Å². The molecule has 0 amide bonds. The standard InChI is InChI=1S/C22H26O3/c1-5-10-19-16-21(24-4)22(14-6-2,25-20(19)17-23-3)15-13-18-11-8-7-9-12-18/h5-9,11-12,16,19-20H,1-2,10,14,17H2,3-4H3/t19-,20-,22+/m1/s1. The van der Waals surface area contributed by atoms with Gasteiger partial charge in [-0.25, -0.2) is 0 Å². The van der Waals surface area contributed by atoms with Gasteiger partial charge in [0.15, 0.2) is 5.60 Å².